The zero-order chi connectivity index (χ0) is 21.7. The molecule has 31 heavy (non-hydrogen) atoms. The fraction of sp³-hybridized carbons (Fsp3) is 0.360. The summed E-state index contributed by atoms with van der Waals surface area (Å²) in [5.41, 5.74) is 0.861. The van der Waals surface area contributed by atoms with E-state index < -0.39 is 5.41 Å². The van der Waals surface area contributed by atoms with Crippen molar-refractivity contribution in [1.82, 2.24) is 4.90 Å². The van der Waals surface area contributed by atoms with Gasteiger partial charge in [0.15, 0.2) is 11.5 Å². The first kappa shape index (κ1) is 21.0. The van der Waals surface area contributed by atoms with Gasteiger partial charge >= 0.3 is 5.97 Å². The predicted octanol–water partition coefficient (Wildman–Crippen LogP) is 4.30. The number of piperidine rings is 1. The fourth-order valence-electron chi connectivity index (χ4n) is 4.20. The summed E-state index contributed by atoms with van der Waals surface area (Å²) in [5, 5.41) is 0. The minimum atomic E-state index is -0.745. The van der Waals surface area contributed by atoms with Crippen molar-refractivity contribution >= 4 is 18.0 Å². The number of likely N-dealkylation sites (tertiary alicyclic amines) is 1. The molecule has 0 radical (unpaired) electrons. The Labute approximate surface area is 182 Å². The van der Waals surface area contributed by atoms with Crippen molar-refractivity contribution in [3.63, 3.8) is 0 Å². The number of esters is 1. The molecule has 4 rings (SSSR count). The summed E-state index contributed by atoms with van der Waals surface area (Å²) >= 11 is 0. The van der Waals surface area contributed by atoms with Crippen molar-refractivity contribution in [3.05, 3.63) is 65.7 Å². The summed E-state index contributed by atoms with van der Waals surface area (Å²) in [6.45, 7) is 3.23. The molecule has 1 amide bonds. The number of allylic oxidation sites excluding steroid dienone is 1. The quantitative estimate of drug-likeness (QED) is 0.651. The fourth-order valence-corrected chi connectivity index (χ4v) is 4.20. The second-order valence-electron chi connectivity index (χ2n) is 7.92. The maximum Gasteiger partial charge on any atom is 0.314 e. The number of amides is 1. The molecule has 0 spiro atoms. The molecular weight excluding hydrogens is 394 g/mol. The van der Waals surface area contributed by atoms with Gasteiger partial charge in [-0.15, -0.1) is 0 Å². The molecule has 0 bridgehead atoms. The van der Waals surface area contributed by atoms with Crippen LogP contribution in [0.15, 0.2) is 54.6 Å². The molecule has 2 aliphatic heterocycles. The Morgan fingerprint density at radius 1 is 1.13 bits per heavy atom. The van der Waals surface area contributed by atoms with E-state index in [4.69, 9.17) is 14.2 Å². The summed E-state index contributed by atoms with van der Waals surface area (Å²) in [6, 6.07) is 15.2. The van der Waals surface area contributed by atoms with E-state index in [1.54, 1.807) is 23.1 Å². The maximum atomic E-state index is 13.2. The minimum absolute atomic E-state index is 0.112. The van der Waals surface area contributed by atoms with Crippen LogP contribution in [0.3, 0.4) is 0 Å². The third-order valence-electron chi connectivity index (χ3n) is 5.81. The lowest BCUT2D eigenvalue weighted by atomic mass is 9.76. The van der Waals surface area contributed by atoms with Crippen LogP contribution in [-0.2, 0) is 9.53 Å². The molecule has 2 aliphatic rings. The maximum absolute atomic E-state index is 13.2. The van der Waals surface area contributed by atoms with Gasteiger partial charge in [0, 0.05) is 18.7 Å². The number of benzene rings is 2. The van der Waals surface area contributed by atoms with Gasteiger partial charge in [0.05, 0.1) is 12.0 Å². The molecule has 1 unspecified atom stereocenters. The number of hydrogen-bond donors (Lipinski definition) is 0. The average Bonchev–Trinajstić information content (AvgIpc) is 3.27. The van der Waals surface area contributed by atoms with Crippen molar-refractivity contribution < 1.29 is 23.8 Å². The van der Waals surface area contributed by atoms with Gasteiger partial charge in [-0.25, -0.2) is 0 Å². The Bertz CT molecular complexity index is 971. The lowest BCUT2D eigenvalue weighted by Crippen LogP contribution is -2.50. The van der Waals surface area contributed by atoms with Crippen molar-refractivity contribution in [1.29, 1.82) is 0 Å². The highest BCUT2D eigenvalue weighted by Gasteiger charge is 2.44. The van der Waals surface area contributed by atoms with Crippen LogP contribution in [0.4, 0.5) is 0 Å². The van der Waals surface area contributed by atoms with E-state index in [-0.39, 0.29) is 18.7 Å². The van der Waals surface area contributed by atoms with Gasteiger partial charge in [-0.3, -0.25) is 9.59 Å². The second kappa shape index (κ2) is 9.25. The summed E-state index contributed by atoms with van der Waals surface area (Å²) in [4.78, 5) is 28.0. The summed E-state index contributed by atoms with van der Waals surface area (Å²) < 4.78 is 16.2. The van der Waals surface area contributed by atoms with Crippen LogP contribution in [0.5, 0.6) is 11.5 Å². The molecule has 1 atom stereocenters. The second-order valence-corrected chi connectivity index (χ2v) is 7.92. The van der Waals surface area contributed by atoms with E-state index in [0.29, 0.717) is 49.6 Å². The molecule has 2 aromatic rings. The number of carbonyl (C=O) groups excluding carboxylic acids is 2. The normalized spacial score (nSPS) is 20.1. The van der Waals surface area contributed by atoms with Gasteiger partial charge in [0.1, 0.15) is 0 Å². The zero-order valence-corrected chi connectivity index (χ0v) is 17.7. The van der Waals surface area contributed by atoms with Gasteiger partial charge in [-0.2, -0.15) is 0 Å². The van der Waals surface area contributed by atoms with E-state index in [1.807, 2.05) is 49.4 Å². The highest BCUT2D eigenvalue weighted by molar-refractivity contribution is 5.95. The number of hydrogen-bond acceptors (Lipinski definition) is 5. The third kappa shape index (κ3) is 4.58. The Kier molecular flexibility index (Phi) is 6.26. The van der Waals surface area contributed by atoms with Crippen molar-refractivity contribution in [3.8, 4) is 11.5 Å². The van der Waals surface area contributed by atoms with Crippen LogP contribution in [0.2, 0.25) is 0 Å². The van der Waals surface area contributed by atoms with E-state index in [0.717, 1.165) is 12.0 Å². The summed E-state index contributed by atoms with van der Waals surface area (Å²) in [5.74, 6) is 0.863. The van der Waals surface area contributed by atoms with Crippen LogP contribution in [0.1, 0.15) is 42.1 Å². The zero-order valence-electron chi connectivity index (χ0n) is 17.7. The SMILES string of the molecule is CCOC(=O)C1(C/C=C/c2ccccc2)CCCN(C(=O)c2ccc3c(c2)OCO3)C1. The average molecular weight is 421 g/mol. The number of ether oxygens (including phenoxy) is 3. The first-order valence-electron chi connectivity index (χ1n) is 10.7. The van der Waals surface area contributed by atoms with Crippen molar-refractivity contribution in [2.75, 3.05) is 26.5 Å². The van der Waals surface area contributed by atoms with Gasteiger partial charge in [-0.05, 0) is 49.9 Å². The number of fused-ring (bicyclic) bond motifs is 1. The molecule has 2 heterocycles. The Morgan fingerprint density at radius 3 is 2.74 bits per heavy atom. The van der Waals surface area contributed by atoms with Gasteiger partial charge in [0.2, 0.25) is 6.79 Å². The van der Waals surface area contributed by atoms with Crippen LogP contribution in [-0.4, -0.2) is 43.3 Å². The largest absolute Gasteiger partial charge is 0.466 e. The lowest BCUT2D eigenvalue weighted by molar-refractivity contribution is -0.158. The third-order valence-corrected chi connectivity index (χ3v) is 5.81. The monoisotopic (exact) mass is 421 g/mol. The minimum Gasteiger partial charge on any atom is -0.466 e. The molecule has 6 nitrogen and oxygen atoms in total. The summed E-state index contributed by atoms with van der Waals surface area (Å²) in [7, 11) is 0. The highest BCUT2D eigenvalue weighted by Crippen LogP contribution is 2.37. The molecule has 0 aromatic heterocycles. The van der Waals surface area contributed by atoms with Crippen LogP contribution < -0.4 is 9.47 Å². The molecule has 1 fully saturated rings. The smallest absolute Gasteiger partial charge is 0.314 e. The molecule has 0 aliphatic carbocycles. The first-order valence-corrected chi connectivity index (χ1v) is 10.7. The first-order chi connectivity index (χ1) is 15.1. The predicted molar refractivity (Wildman–Crippen MR) is 117 cm³/mol. The number of rotatable bonds is 6. The molecular formula is C25H27NO5. The molecule has 1 saturated heterocycles. The van der Waals surface area contributed by atoms with Gasteiger partial charge in [-0.1, -0.05) is 42.5 Å². The number of carbonyl (C=O) groups is 2. The van der Waals surface area contributed by atoms with Gasteiger partial charge < -0.3 is 19.1 Å². The number of nitrogens with zero attached hydrogens (tertiary/aromatic N) is 1. The Hall–Kier alpha value is -3.28. The summed E-state index contributed by atoms with van der Waals surface area (Å²) in [6.07, 6.45) is 5.98. The molecule has 162 valence electrons. The van der Waals surface area contributed by atoms with E-state index in [1.165, 1.54) is 0 Å². The van der Waals surface area contributed by atoms with Crippen molar-refractivity contribution in [2.24, 2.45) is 5.41 Å². The Morgan fingerprint density at radius 2 is 1.94 bits per heavy atom. The van der Waals surface area contributed by atoms with Crippen molar-refractivity contribution in [2.45, 2.75) is 26.2 Å². The Balaban J connectivity index is 1.53. The van der Waals surface area contributed by atoms with Gasteiger partial charge in [0.25, 0.3) is 5.91 Å². The highest BCUT2D eigenvalue weighted by atomic mass is 16.7. The molecule has 0 saturated carbocycles. The van der Waals surface area contributed by atoms with E-state index >= 15 is 0 Å². The van der Waals surface area contributed by atoms with Crippen LogP contribution in [0, 0.1) is 5.41 Å². The molecule has 2 aromatic carbocycles. The standard InChI is InChI=1S/C25H27NO5/c1-2-29-24(28)25(13-6-10-19-8-4-3-5-9-19)14-7-15-26(17-25)23(27)20-11-12-21-22(16-20)31-18-30-21/h3-6,8-12,16H,2,7,13-15,17-18H2,1H3/b10-6+. The lowest BCUT2D eigenvalue weighted by Gasteiger charge is -2.40. The van der Waals surface area contributed by atoms with E-state index in [9.17, 15) is 9.59 Å². The van der Waals surface area contributed by atoms with Crippen LogP contribution >= 0.6 is 0 Å². The molecule has 6 heteroatoms. The molecule has 0 N–H and O–H groups in total. The van der Waals surface area contributed by atoms with Crippen LogP contribution in [0.25, 0.3) is 6.08 Å². The topological polar surface area (TPSA) is 65.1 Å². The van der Waals surface area contributed by atoms with E-state index in [2.05, 4.69) is 0 Å².